The quantitative estimate of drug-likeness (QED) is 0.915. The van der Waals surface area contributed by atoms with E-state index in [4.69, 9.17) is 4.74 Å². The lowest BCUT2D eigenvalue weighted by molar-refractivity contribution is 0.414. The minimum absolute atomic E-state index is 0.361. The lowest BCUT2D eigenvalue weighted by atomic mass is 10.1. The molecule has 0 saturated carbocycles. The van der Waals surface area contributed by atoms with Crippen molar-refractivity contribution in [2.45, 2.75) is 31.8 Å². The van der Waals surface area contributed by atoms with Crippen LogP contribution in [-0.4, -0.2) is 13.2 Å². The third kappa shape index (κ3) is 2.70. The molecule has 104 valence electrons. The summed E-state index contributed by atoms with van der Waals surface area (Å²) in [5.74, 6) is 0.911. The Morgan fingerprint density at radius 2 is 1.60 bits per heavy atom. The van der Waals surface area contributed by atoms with Crippen molar-refractivity contribution in [2.24, 2.45) is 0 Å². The number of hydrogen-bond acceptors (Lipinski definition) is 2. The maximum Gasteiger partial charge on any atom is 0.118 e. The average molecular weight is 267 g/mol. The zero-order valence-corrected chi connectivity index (χ0v) is 12.1. The Morgan fingerprint density at radius 3 is 2.15 bits per heavy atom. The highest BCUT2D eigenvalue weighted by Gasteiger charge is 2.22. The predicted molar refractivity (Wildman–Crippen MR) is 82.2 cm³/mol. The summed E-state index contributed by atoms with van der Waals surface area (Å²) in [6.07, 6.45) is 2.27. The van der Waals surface area contributed by atoms with E-state index >= 15 is 0 Å². The SMILES string of the molecule is COc1ccc([C@@H](C)NC2Cc3ccccc3C2)cc1. The molecule has 2 nitrogen and oxygen atoms in total. The second kappa shape index (κ2) is 5.68. The highest BCUT2D eigenvalue weighted by molar-refractivity contribution is 5.34. The predicted octanol–water partition coefficient (Wildman–Crippen LogP) is 3.51. The molecule has 2 aromatic carbocycles. The van der Waals surface area contributed by atoms with Crippen molar-refractivity contribution in [2.75, 3.05) is 7.11 Å². The highest BCUT2D eigenvalue weighted by Crippen LogP contribution is 2.24. The summed E-state index contributed by atoms with van der Waals surface area (Å²) in [6, 6.07) is 18.0. The molecule has 0 radical (unpaired) electrons. The van der Waals surface area contributed by atoms with E-state index in [1.54, 1.807) is 7.11 Å². The van der Waals surface area contributed by atoms with Crippen LogP contribution in [0.1, 0.15) is 29.7 Å². The topological polar surface area (TPSA) is 21.3 Å². The van der Waals surface area contributed by atoms with E-state index in [0.29, 0.717) is 12.1 Å². The summed E-state index contributed by atoms with van der Waals surface area (Å²) in [5, 5.41) is 3.74. The van der Waals surface area contributed by atoms with Crippen LogP contribution in [0, 0.1) is 0 Å². The van der Waals surface area contributed by atoms with Crippen molar-refractivity contribution in [3.8, 4) is 5.75 Å². The van der Waals surface area contributed by atoms with Crippen molar-refractivity contribution in [1.29, 1.82) is 0 Å². The molecule has 3 rings (SSSR count). The fourth-order valence-electron chi connectivity index (χ4n) is 3.02. The van der Waals surface area contributed by atoms with Crippen LogP contribution in [0.25, 0.3) is 0 Å². The molecule has 0 aromatic heterocycles. The summed E-state index contributed by atoms with van der Waals surface area (Å²) < 4.78 is 5.20. The first kappa shape index (κ1) is 13.2. The smallest absolute Gasteiger partial charge is 0.118 e. The van der Waals surface area contributed by atoms with Crippen LogP contribution < -0.4 is 10.1 Å². The van der Waals surface area contributed by atoms with Gasteiger partial charge in [0.2, 0.25) is 0 Å². The van der Waals surface area contributed by atoms with E-state index in [1.807, 2.05) is 12.1 Å². The lowest BCUT2D eigenvalue weighted by Gasteiger charge is -2.19. The Hall–Kier alpha value is -1.80. The van der Waals surface area contributed by atoms with Gasteiger partial charge in [0.15, 0.2) is 0 Å². The van der Waals surface area contributed by atoms with Gasteiger partial charge in [-0.25, -0.2) is 0 Å². The van der Waals surface area contributed by atoms with Crippen molar-refractivity contribution >= 4 is 0 Å². The molecule has 1 aliphatic carbocycles. The Kier molecular flexibility index (Phi) is 3.75. The molecular formula is C18H21NO. The van der Waals surface area contributed by atoms with Crippen LogP contribution in [0.5, 0.6) is 5.75 Å². The zero-order valence-electron chi connectivity index (χ0n) is 12.1. The number of hydrogen-bond donors (Lipinski definition) is 1. The Labute approximate surface area is 120 Å². The van der Waals surface area contributed by atoms with Gasteiger partial charge in [0.05, 0.1) is 7.11 Å². The van der Waals surface area contributed by atoms with Crippen LogP contribution in [0.15, 0.2) is 48.5 Å². The number of rotatable bonds is 4. The zero-order chi connectivity index (χ0) is 13.9. The van der Waals surface area contributed by atoms with E-state index < -0.39 is 0 Å². The molecule has 0 bridgehead atoms. The molecular weight excluding hydrogens is 246 g/mol. The molecule has 0 spiro atoms. The first-order valence-electron chi connectivity index (χ1n) is 7.23. The summed E-state index contributed by atoms with van der Waals surface area (Å²) in [7, 11) is 1.70. The molecule has 0 aliphatic heterocycles. The normalized spacial score (nSPS) is 15.9. The largest absolute Gasteiger partial charge is 0.497 e. The van der Waals surface area contributed by atoms with E-state index in [9.17, 15) is 0 Å². The van der Waals surface area contributed by atoms with E-state index in [-0.39, 0.29) is 0 Å². The molecule has 0 amide bonds. The van der Waals surface area contributed by atoms with Crippen LogP contribution in [0.3, 0.4) is 0 Å². The Bertz CT molecular complexity index is 551. The second-order valence-corrected chi connectivity index (χ2v) is 5.54. The van der Waals surface area contributed by atoms with Gasteiger partial charge in [0, 0.05) is 12.1 Å². The Morgan fingerprint density at radius 1 is 1.00 bits per heavy atom. The van der Waals surface area contributed by atoms with Crippen molar-refractivity contribution in [3.63, 3.8) is 0 Å². The summed E-state index contributed by atoms with van der Waals surface area (Å²) in [4.78, 5) is 0. The van der Waals surface area contributed by atoms with Gasteiger partial charge in [-0.05, 0) is 48.6 Å². The summed E-state index contributed by atoms with van der Waals surface area (Å²) >= 11 is 0. The molecule has 0 saturated heterocycles. The molecule has 1 aliphatic rings. The van der Waals surface area contributed by atoms with Gasteiger partial charge in [-0.2, -0.15) is 0 Å². The number of methoxy groups -OCH3 is 1. The van der Waals surface area contributed by atoms with Crippen LogP contribution in [0.2, 0.25) is 0 Å². The average Bonchev–Trinajstić information content (AvgIpc) is 2.89. The second-order valence-electron chi connectivity index (χ2n) is 5.54. The van der Waals surface area contributed by atoms with Gasteiger partial charge < -0.3 is 10.1 Å². The fraction of sp³-hybridized carbons (Fsp3) is 0.333. The molecule has 0 fully saturated rings. The molecule has 0 unspecified atom stereocenters. The molecule has 2 heteroatoms. The van der Waals surface area contributed by atoms with E-state index in [2.05, 4.69) is 48.6 Å². The molecule has 1 atom stereocenters. The van der Waals surface area contributed by atoms with Gasteiger partial charge >= 0.3 is 0 Å². The minimum Gasteiger partial charge on any atom is -0.497 e. The maximum atomic E-state index is 5.20. The van der Waals surface area contributed by atoms with Gasteiger partial charge in [0.25, 0.3) is 0 Å². The van der Waals surface area contributed by atoms with Crippen LogP contribution in [0.4, 0.5) is 0 Å². The molecule has 20 heavy (non-hydrogen) atoms. The Balaban J connectivity index is 1.64. The number of nitrogens with one attached hydrogen (secondary N) is 1. The van der Waals surface area contributed by atoms with Gasteiger partial charge in [0.1, 0.15) is 5.75 Å². The third-order valence-electron chi connectivity index (χ3n) is 4.15. The van der Waals surface area contributed by atoms with Crippen molar-refractivity contribution < 1.29 is 4.74 Å². The summed E-state index contributed by atoms with van der Waals surface area (Å²) in [5.41, 5.74) is 4.29. The van der Waals surface area contributed by atoms with Gasteiger partial charge in [-0.15, -0.1) is 0 Å². The minimum atomic E-state index is 0.361. The standard InChI is InChI=1S/C18H21NO/c1-13(14-7-9-18(20-2)10-8-14)19-17-11-15-5-3-4-6-16(15)12-17/h3-10,13,17,19H,11-12H2,1-2H3/t13-/m1/s1. The third-order valence-corrected chi connectivity index (χ3v) is 4.15. The maximum absolute atomic E-state index is 5.20. The lowest BCUT2D eigenvalue weighted by Crippen LogP contribution is -2.32. The summed E-state index contributed by atoms with van der Waals surface area (Å²) in [6.45, 7) is 2.23. The number of benzene rings is 2. The van der Waals surface area contributed by atoms with E-state index in [1.165, 1.54) is 16.7 Å². The molecule has 0 heterocycles. The number of fused-ring (bicyclic) bond motifs is 1. The monoisotopic (exact) mass is 267 g/mol. The van der Waals surface area contributed by atoms with Crippen molar-refractivity contribution in [1.82, 2.24) is 5.32 Å². The van der Waals surface area contributed by atoms with Crippen molar-refractivity contribution in [3.05, 3.63) is 65.2 Å². The highest BCUT2D eigenvalue weighted by atomic mass is 16.5. The first-order valence-corrected chi connectivity index (χ1v) is 7.23. The fourth-order valence-corrected chi connectivity index (χ4v) is 3.02. The van der Waals surface area contributed by atoms with Gasteiger partial charge in [-0.3, -0.25) is 0 Å². The molecule has 1 N–H and O–H groups in total. The van der Waals surface area contributed by atoms with E-state index in [0.717, 1.165) is 18.6 Å². The first-order chi connectivity index (χ1) is 9.76. The number of ether oxygens (including phenoxy) is 1. The van der Waals surface area contributed by atoms with Gasteiger partial charge in [-0.1, -0.05) is 36.4 Å². The molecule has 2 aromatic rings. The van der Waals surface area contributed by atoms with Crippen LogP contribution >= 0.6 is 0 Å². The van der Waals surface area contributed by atoms with Crippen LogP contribution in [-0.2, 0) is 12.8 Å².